The van der Waals surface area contributed by atoms with Gasteiger partial charge in [-0.3, -0.25) is 9.59 Å². The van der Waals surface area contributed by atoms with E-state index in [1.807, 2.05) is 18.2 Å². The first-order chi connectivity index (χ1) is 13.6. The molecule has 0 radical (unpaired) electrons. The molecule has 2 saturated carbocycles. The van der Waals surface area contributed by atoms with Crippen LogP contribution in [-0.2, 0) is 16.1 Å². The van der Waals surface area contributed by atoms with Crippen LogP contribution in [0.4, 0.5) is 0 Å². The predicted octanol–water partition coefficient (Wildman–Crippen LogP) is 2.21. The largest absolute Gasteiger partial charge is 0.451 e. The molecule has 0 aliphatic heterocycles. The summed E-state index contributed by atoms with van der Waals surface area (Å²) < 4.78 is 11.2. The second-order valence-corrected chi connectivity index (χ2v) is 7.60. The van der Waals surface area contributed by atoms with Crippen molar-refractivity contribution in [3.8, 4) is 0 Å². The Kier molecular flexibility index (Phi) is 5.12. The van der Waals surface area contributed by atoms with E-state index >= 15 is 0 Å². The molecule has 1 heterocycles. The van der Waals surface area contributed by atoms with Crippen LogP contribution in [0.25, 0.3) is 11.0 Å². The number of methoxy groups -OCH3 is 1. The van der Waals surface area contributed by atoms with Crippen LogP contribution < -0.4 is 5.32 Å². The first-order valence-electron chi connectivity index (χ1n) is 9.85. The lowest BCUT2D eigenvalue weighted by Gasteiger charge is -2.38. The maximum absolute atomic E-state index is 13.2. The van der Waals surface area contributed by atoms with Gasteiger partial charge >= 0.3 is 0 Å². The van der Waals surface area contributed by atoms with Crippen LogP contribution in [-0.4, -0.2) is 53.7 Å². The molecule has 0 atom stereocenters. The fourth-order valence-electron chi connectivity index (χ4n) is 3.87. The summed E-state index contributed by atoms with van der Waals surface area (Å²) in [6, 6.07) is 7.47. The van der Waals surface area contributed by atoms with E-state index in [1.165, 1.54) is 0 Å². The molecule has 28 heavy (non-hydrogen) atoms. The number of amides is 2. The molecule has 0 spiro atoms. The molecule has 7 nitrogen and oxygen atoms in total. The Labute approximate surface area is 163 Å². The van der Waals surface area contributed by atoms with Crippen LogP contribution in [0.2, 0.25) is 0 Å². The van der Waals surface area contributed by atoms with Crippen molar-refractivity contribution in [1.82, 2.24) is 10.2 Å². The zero-order chi connectivity index (χ0) is 19.7. The van der Waals surface area contributed by atoms with E-state index in [-0.39, 0.29) is 30.2 Å². The Morgan fingerprint density at radius 3 is 2.68 bits per heavy atom. The highest BCUT2D eigenvalue weighted by Crippen LogP contribution is 2.35. The maximum Gasteiger partial charge on any atom is 0.290 e. The summed E-state index contributed by atoms with van der Waals surface area (Å²) in [7, 11) is 1.57. The lowest BCUT2D eigenvalue weighted by atomic mass is 9.79. The second kappa shape index (κ2) is 7.56. The minimum atomic E-state index is -0.697. The number of carbonyl (C=O) groups excluding carboxylic acids is 2. The average Bonchev–Trinajstić information content (AvgIpc) is 3.43. The number of hydrogen-bond donors (Lipinski definition) is 2. The molecule has 2 N–H and O–H groups in total. The third kappa shape index (κ3) is 3.29. The molecule has 1 aromatic heterocycles. The lowest BCUT2D eigenvalue weighted by molar-refractivity contribution is -0.154. The number of benzene rings is 1. The van der Waals surface area contributed by atoms with Crippen molar-refractivity contribution < 1.29 is 23.8 Å². The van der Waals surface area contributed by atoms with Gasteiger partial charge in [0, 0.05) is 37.2 Å². The number of para-hydroxylation sites is 1. The standard InChI is InChI=1S/C21H26N2O5/c1-27-21(9-4-10-21)20(26)22-11-12-23(14-7-8-14)19(25)18-16(13-24)15-5-2-3-6-17(15)28-18/h2-3,5-6,14,24H,4,7-13H2,1H3,(H,22,26). The number of aliphatic hydroxyl groups is 1. The normalized spacial score (nSPS) is 17.9. The van der Waals surface area contributed by atoms with Gasteiger partial charge in [-0.05, 0) is 38.2 Å². The van der Waals surface area contributed by atoms with Crippen molar-refractivity contribution in [1.29, 1.82) is 0 Å². The highest BCUT2D eigenvalue weighted by molar-refractivity contribution is 5.99. The number of hydrogen-bond acceptors (Lipinski definition) is 5. The summed E-state index contributed by atoms with van der Waals surface area (Å²) in [6.45, 7) is 0.501. The Balaban J connectivity index is 1.46. The van der Waals surface area contributed by atoms with Crippen molar-refractivity contribution in [2.45, 2.75) is 50.4 Å². The van der Waals surface area contributed by atoms with Gasteiger partial charge in [0.2, 0.25) is 0 Å². The molecule has 2 aliphatic carbocycles. The second-order valence-electron chi connectivity index (χ2n) is 7.60. The van der Waals surface area contributed by atoms with E-state index in [9.17, 15) is 14.7 Å². The van der Waals surface area contributed by atoms with E-state index in [0.717, 1.165) is 37.5 Å². The number of furan rings is 1. The molecule has 7 heteroatoms. The summed E-state index contributed by atoms with van der Waals surface area (Å²) in [5.41, 5.74) is 0.408. The first-order valence-corrected chi connectivity index (χ1v) is 9.85. The van der Waals surface area contributed by atoms with Crippen LogP contribution >= 0.6 is 0 Å². The third-order valence-corrected chi connectivity index (χ3v) is 5.90. The molecule has 2 amide bonds. The number of nitrogens with zero attached hydrogens (tertiary/aromatic N) is 1. The number of fused-ring (bicyclic) bond motifs is 1. The molecule has 0 saturated heterocycles. The minimum absolute atomic E-state index is 0.107. The summed E-state index contributed by atoms with van der Waals surface area (Å²) in [5, 5.41) is 13.5. The molecule has 2 aliphatic rings. The molecule has 2 aromatic rings. The van der Waals surface area contributed by atoms with E-state index in [4.69, 9.17) is 9.15 Å². The Bertz CT molecular complexity index is 877. The number of carbonyl (C=O) groups is 2. The van der Waals surface area contributed by atoms with Gasteiger partial charge in [0.1, 0.15) is 11.2 Å². The average molecular weight is 386 g/mol. The van der Waals surface area contributed by atoms with Gasteiger partial charge in [0.05, 0.1) is 6.61 Å². The molecular weight excluding hydrogens is 360 g/mol. The number of rotatable bonds is 8. The van der Waals surface area contributed by atoms with Crippen molar-refractivity contribution >= 4 is 22.8 Å². The molecular formula is C21H26N2O5. The predicted molar refractivity (Wildman–Crippen MR) is 103 cm³/mol. The van der Waals surface area contributed by atoms with Crippen molar-refractivity contribution in [3.05, 3.63) is 35.6 Å². The van der Waals surface area contributed by atoms with E-state index in [0.29, 0.717) is 24.2 Å². The van der Waals surface area contributed by atoms with Gasteiger partial charge in [0.15, 0.2) is 5.76 Å². The molecule has 2 fully saturated rings. The van der Waals surface area contributed by atoms with Gasteiger partial charge < -0.3 is 24.5 Å². The van der Waals surface area contributed by atoms with Crippen molar-refractivity contribution in [2.75, 3.05) is 20.2 Å². The van der Waals surface area contributed by atoms with Gasteiger partial charge in [-0.2, -0.15) is 0 Å². The smallest absolute Gasteiger partial charge is 0.290 e. The minimum Gasteiger partial charge on any atom is -0.451 e. The zero-order valence-electron chi connectivity index (χ0n) is 16.1. The quantitative estimate of drug-likeness (QED) is 0.726. The SMILES string of the molecule is COC1(C(=O)NCCN(C(=O)c2oc3ccccc3c2CO)C2CC2)CCC1. The summed E-state index contributed by atoms with van der Waals surface area (Å²) >= 11 is 0. The number of nitrogens with one attached hydrogen (secondary N) is 1. The van der Waals surface area contributed by atoms with Crippen LogP contribution in [0.3, 0.4) is 0 Å². The molecule has 0 bridgehead atoms. The third-order valence-electron chi connectivity index (χ3n) is 5.90. The van der Waals surface area contributed by atoms with Crippen LogP contribution in [0.15, 0.2) is 28.7 Å². The van der Waals surface area contributed by atoms with Gasteiger partial charge in [-0.1, -0.05) is 18.2 Å². The molecule has 4 rings (SSSR count). The summed E-state index contributed by atoms with van der Waals surface area (Å²) in [6.07, 6.45) is 4.34. The van der Waals surface area contributed by atoms with E-state index in [1.54, 1.807) is 18.1 Å². The van der Waals surface area contributed by atoms with E-state index < -0.39 is 5.60 Å². The highest BCUT2D eigenvalue weighted by Gasteiger charge is 2.44. The summed E-state index contributed by atoms with van der Waals surface area (Å²) in [5.74, 6) is -0.152. The van der Waals surface area contributed by atoms with Gasteiger partial charge in [-0.15, -0.1) is 0 Å². The fraction of sp³-hybridized carbons (Fsp3) is 0.524. The Morgan fingerprint density at radius 2 is 2.07 bits per heavy atom. The van der Waals surface area contributed by atoms with Crippen LogP contribution in [0, 0.1) is 0 Å². The van der Waals surface area contributed by atoms with E-state index in [2.05, 4.69) is 5.32 Å². The first kappa shape index (κ1) is 19.0. The Hall–Kier alpha value is -2.38. The molecule has 0 unspecified atom stereocenters. The Morgan fingerprint density at radius 1 is 1.32 bits per heavy atom. The van der Waals surface area contributed by atoms with Crippen molar-refractivity contribution in [2.24, 2.45) is 0 Å². The number of aliphatic hydroxyl groups excluding tert-OH is 1. The van der Waals surface area contributed by atoms with Gasteiger partial charge in [0.25, 0.3) is 11.8 Å². The molecule has 150 valence electrons. The lowest BCUT2D eigenvalue weighted by Crippen LogP contribution is -2.54. The maximum atomic E-state index is 13.2. The van der Waals surface area contributed by atoms with Crippen molar-refractivity contribution in [3.63, 3.8) is 0 Å². The zero-order valence-corrected chi connectivity index (χ0v) is 16.1. The highest BCUT2D eigenvalue weighted by atomic mass is 16.5. The van der Waals surface area contributed by atoms with Crippen LogP contribution in [0.1, 0.15) is 48.2 Å². The van der Waals surface area contributed by atoms with Crippen LogP contribution in [0.5, 0.6) is 0 Å². The van der Waals surface area contributed by atoms with Gasteiger partial charge in [-0.25, -0.2) is 0 Å². The topological polar surface area (TPSA) is 92.0 Å². The summed E-state index contributed by atoms with van der Waals surface area (Å²) in [4.78, 5) is 27.3. The fourth-order valence-corrected chi connectivity index (χ4v) is 3.87. The number of ether oxygens (including phenoxy) is 1. The monoisotopic (exact) mass is 386 g/mol. The molecule has 1 aromatic carbocycles.